The van der Waals surface area contributed by atoms with E-state index in [0.717, 1.165) is 17.3 Å². The number of nitrogens with one attached hydrogen (secondary N) is 1. The number of carboxylic acids is 1. The van der Waals surface area contributed by atoms with Crippen LogP contribution in [0.1, 0.15) is 19.4 Å². The van der Waals surface area contributed by atoms with Crippen molar-refractivity contribution >= 4 is 40.9 Å². The Hall–Kier alpha value is -1.20. The van der Waals surface area contributed by atoms with Gasteiger partial charge in [0.05, 0.1) is 16.5 Å². The molecule has 4 nitrogen and oxygen atoms in total. The van der Waals surface area contributed by atoms with Crippen LogP contribution in [0.4, 0.5) is 5.69 Å². The van der Waals surface area contributed by atoms with Gasteiger partial charge in [-0.2, -0.15) is 0 Å². The molecule has 1 aromatic rings. The Labute approximate surface area is 121 Å². The maximum Gasteiger partial charge on any atom is 0.319 e. The molecular formula is C13H16ClNO3S. The number of carboxylic acid groups (broad SMARTS) is 1. The van der Waals surface area contributed by atoms with Crippen molar-refractivity contribution in [2.24, 2.45) is 0 Å². The molecule has 0 aliphatic rings. The van der Waals surface area contributed by atoms with Crippen molar-refractivity contribution in [1.82, 2.24) is 0 Å². The lowest BCUT2D eigenvalue weighted by Crippen LogP contribution is -2.29. The fourth-order valence-corrected chi connectivity index (χ4v) is 2.19. The number of hydrogen-bond acceptors (Lipinski definition) is 3. The summed E-state index contributed by atoms with van der Waals surface area (Å²) in [5, 5.41) is 12.1. The normalized spacial score (nSPS) is 11.2. The molecule has 0 unspecified atom stereocenters. The zero-order valence-electron chi connectivity index (χ0n) is 11.0. The number of benzene rings is 1. The molecule has 0 atom stereocenters. The number of carbonyl (C=O) groups is 2. The fraction of sp³-hybridized carbons (Fsp3) is 0.385. The van der Waals surface area contributed by atoms with E-state index in [1.807, 2.05) is 13.0 Å². The lowest BCUT2D eigenvalue weighted by molar-refractivity contribution is -0.138. The SMILES string of the molecule is Cc1ccc(NC(=O)CSC(C)(C)C(=O)O)c(Cl)c1. The molecule has 19 heavy (non-hydrogen) atoms. The molecule has 6 heteroatoms. The first kappa shape index (κ1) is 15.9. The quantitative estimate of drug-likeness (QED) is 0.876. The van der Waals surface area contributed by atoms with Crippen molar-refractivity contribution in [3.05, 3.63) is 28.8 Å². The molecule has 0 spiro atoms. The van der Waals surface area contributed by atoms with Gasteiger partial charge in [-0.05, 0) is 38.5 Å². The molecule has 1 rings (SSSR count). The van der Waals surface area contributed by atoms with Gasteiger partial charge in [-0.1, -0.05) is 17.7 Å². The van der Waals surface area contributed by atoms with Gasteiger partial charge in [-0.25, -0.2) is 0 Å². The second-order valence-electron chi connectivity index (χ2n) is 4.64. The summed E-state index contributed by atoms with van der Waals surface area (Å²) in [6, 6.07) is 5.32. The van der Waals surface area contributed by atoms with E-state index in [2.05, 4.69) is 5.32 Å². The standard InChI is InChI=1S/C13H16ClNO3S/c1-8-4-5-10(9(14)6-8)15-11(16)7-19-13(2,3)12(17)18/h4-6H,7H2,1-3H3,(H,15,16)(H,17,18). The molecule has 104 valence electrons. The lowest BCUT2D eigenvalue weighted by Gasteiger charge is -2.18. The number of anilines is 1. The Morgan fingerprint density at radius 2 is 2.05 bits per heavy atom. The van der Waals surface area contributed by atoms with Crippen LogP contribution in [0.15, 0.2) is 18.2 Å². The van der Waals surface area contributed by atoms with Crippen LogP contribution in [0, 0.1) is 6.92 Å². The van der Waals surface area contributed by atoms with Gasteiger partial charge in [-0.3, -0.25) is 9.59 Å². The van der Waals surface area contributed by atoms with E-state index in [-0.39, 0.29) is 11.7 Å². The highest BCUT2D eigenvalue weighted by Gasteiger charge is 2.28. The number of aryl methyl sites for hydroxylation is 1. The molecule has 0 aromatic heterocycles. The third-order valence-corrected chi connectivity index (χ3v) is 4.09. The van der Waals surface area contributed by atoms with Crippen LogP contribution in [0.2, 0.25) is 5.02 Å². The minimum atomic E-state index is -0.992. The Balaban J connectivity index is 2.59. The molecule has 0 saturated heterocycles. The first-order chi connectivity index (χ1) is 8.72. The lowest BCUT2D eigenvalue weighted by atomic mass is 10.2. The first-order valence-electron chi connectivity index (χ1n) is 5.66. The van der Waals surface area contributed by atoms with E-state index < -0.39 is 10.7 Å². The second kappa shape index (κ2) is 6.30. The van der Waals surface area contributed by atoms with E-state index >= 15 is 0 Å². The van der Waals surface area contributed by atoms with Crippen molar-refractivity contribution in [2.75, 3.05) is 11.1 Å². The van der Waals surface area contributed by atoms with E-state index in [0.29, 0.717) is 10.7 Å². The van der Waals surface area contributed by atoms with Crippen molar-refractivity contribution in [3.63, 3.8) is 0 Å². The molecule has 0 fully saturated rings. The Kier molecular flexibility index (Phi) is 5.26. The molecule has 0 saturated carbocycles. The van der Waals surface area contributed by atoms with Gasteiger partial charge in [0.2, 0.25) is 5.91 Å². The summed E-state index contributed by atoms with van der Waals surface area (Å²) in [7, 11) is 0. The van der Waals surface area contributed by atoms with E-state index in [9.17, 15) is 9.59 Å². The molecule has 2 N–H and O–H groups in total. The van der Waals surface area contributed by atoms with Crippen LogP contribution < -0.4 is 5.32 Å². The average Bonchev–Trinajstić information content (AvgIpc) is 2.30. The molecule has 0 aliphatic heterocycles. The third-order valence-electron chi connectivity index (χ3n) is 2.48. The second-order valence-corrected chi connectivity index (χ2v) is 6.64. The van der Waals surface area contributed by atoms with Gasteiger partial charge in [0.1, 0.15) is 4.75 Å². The number of carbonyl (C=O) groups excluding carboxylic acids is 1. The molecule has 0 heterocycles. The maximum atomic E-state index is 11.7. The maximum absolute atomic E-state index is 11.7. The highest BCUT2D eigenvalue weighted by Crippen LogP contribution is 2.26. The number of thioether (sulfide) groups is 1. The monoisotopic (exact) mass is 301 g/mol. The summed E-state index contributed by atoms with van der Waals surface area (Å²) in [6.45, 7) is 5.03. The number of aliphatic carboxylic acids is 1. The fourth-order valence-electron chi connectivity index (χ4n) is 1.22. The molecular weight excluding hydrogens is 286 g/mol. The molecule has 0 bridgehead atoms. The molecule has 1 amide bonds. The Morgan fingerprint density at radius 3 is 2.58 bits per heavy atom. The Bertz CT molecular complexity index is 503. The first-order valence-corrected chi connectivity index (χ1v) is 7.02. The smallest absolute Gasteiger partial charge is 0.319 e. The Morgan fingerprint density at radius 1 is 1.42 bits per heavy atom. The summed E-state index contributed by atoms with van der Waals surface area (Å²) in [5.74, 6) is -1.16. The van der Waals surface area contributed by atoms with E-state index in [1.54, 1.807) is 26.0 Å². The molecule has 0 radical (unpaired) electrons. The summed E-state index contributed by atoms with van der Waals surface area (Å²) in [6.07, 6.45) is 0. The largest absolute Gasteiger partial charge is 0.480 e. The molecule has 1 aromatic carbocycles. The highest BCUT2D eigenvalue weighted by molar-refractivity contribution is 8.02. The minimum absolute atomic E-state index is 0.0590. The van der Waals surface area contributed by atoms with Gasteiger partial charge in [-0.15, -0.1) is 11.8 Å². The predicted octanol–water partition coefficient (Wildman–Crippen LogP) is 3.18. The van der Waals surface area contributed by atoms with Crippen LogP contribution in [0.3, 0.4) is 0 Å². The highest BCUT2D eigenvalue weighted by atomic mass is 35.5. The summed E-state index contributed by atoms with van der Waals surface area (Å²) in [5.41, 5.74) is 1.54. The van der Waals surface area contributed by atoms with Crippen LogP contribution >= 0.6 is 23.4 Å². The van der Waals surface area contributed by atoms with E-state index in [1.165, 1.54) is 0 Å². The minimum Gasteiger partial charge on any atom is -0.480 e. The van der Waals surface area contributed by atoms with Crippen molar-refractivity contribution in [2.45, 2.75) is 25.5 Å². The zero-order valence-corrected chi connectivity index (χ0v) is 12.6. The predicted molar refractivity (Wildman–Crippen MR) is 79.0 cm³/mol. The summed E-state index contributed by atoms with van der Waals surface area (Å²) < 4.78 is -0.992. The number of halogens is 1. The van der Waals surface area contributed by atoms with Crippen LogP contribution in [0.5, 0.6) is 0 Å². The number of rotatable bonds is 5. The molecule has 0 aliphatic carbocycles. The van der Waals surface area contributed by atoms with E-state index in [4.69, 9.17) is 16.7 Å². The topological polar surface area (TPSA) is 66.4 Å². The van der Waals surface area contributed by atoms with Gasteiger partial charge in [0.25, 0.3) is 0 Å². The third kappa shape index (κ3) is 4.76. The van der Waals surface area contributed by atoms with Crippen molar-refractivity contribution < 1.29 is 14.7 Å². The van der Waals surface area contributed by atoms with Crippen LogP contribution in [-0.2, 0) is 9.59 Å². The summed E-state index contributed by atoms with van der Waals surface area (Å²) >= 11 is 7.07. The number of hydrogen-bond donors (Lipinski definition) is 2. The van der Waals surface area contributed by atoms with Crippen LogP contribution in [0.25, 0.3) is 0 Å². The number of amides is 1. The van der Waals surface area contributed by atoms with Crippen LogP contribution in [-0.4, -0.2) is 27.5 Å². The van der Waals surface area contributed by atoms with Gasteiger partial charge < -0.3 is 10.4 Å². The van der Waals surface area contributed by atoms with Gasteiger partial charge in [0, 0.05) is 0 Å². The zero-order chi connectivity index (χ0) is 14.6. The summed E-state index contributed by atoms with van der Waals surface area (Å²) in [4.78, 5) is 22.6. The van der Waals surface area contributed by atoms with Gasteiger partial charge in [0.15, 0.2) is 0 Å². The van der Waals surface area contributed by atoms with Gasteiger partial charge >= 0.3 is 5.97 Å². The van der Waals surface area contributed by atoms with Crippen molar-refractivity contribution in [1.29, 1.82) is 0 Å². The van der Waals surface area contributed by atoms with Crippen molar-refractivity contribution in [3.8, 4) is 0 Å². The average molecular weight is 302 g/mol.